The maximum absolute atomic E-state index is 5.60. The molecule has 4 nitrogen and oxygen atoms in total. The van der Waals surface area contributed by atoms with Gasteiger partial charge in [-0.25, -0.2) is 11.7 Å². The molecule has 12 heavy (non-hydrogen) atoms. The van der Waals surface area contributed by atoms with Crippen molar-refractivity contribution in [3.63, 3.8) is 0 Å². The van der Waals surface area contributed by atoms with Gasteiger partial charge in [-0.3, -0.25) is 10.4 Å². The third-order valence-electron chi connectivity index (χ3n) is 1.38. The smallest absolute Gasteiger partial charge is 0.202 e. The molecule has 0 heterocycles. The van der Waals surface area contributed by atoms with Crippen molar-refractivity contribution in [1.29, 1.82) is 0 Å². The predicted octanol–water partition coefficient (Wildman–Crippen LogP) is 0.115. The number of anilines is 1. The monoisotopic (exact) mass is 182 g/mol. The number of nitrogens with one attached hydrogen (secondary N) is 1. The molecule has 0 aliphatic rings. The highest BCUT2D eigenvalue weighted by molar-refractivity contribution is 7.80. The van der Waals surface area contributed by atoms with E-state index < -0.39 is 0 Å². The van der Waals surface area contributed by atoms with Crippen LogP contribution in [0.15, 0.2) is 30.3 Å². The van der Waals surface area contributed by atoms with Gasteiger partial charge in [-0.1, -0.05) is 18.2 Å². The van der Waals surface area contributed by atoms with E-state index in [1.165, 1.54) is 5.01 Å². The minimum atomic E-state index is 0.279. The summed E-state index contributed by atoms with van der Waals surface area (Å²) in [5.74, 6) is 10.7. The standard InChI is InChI=1S/C7H10N4S/c8-10-7(12)11(9)6-4-2-1-3-5-6/h1-5H,8-9H2,(H,10,12). The molecule has 0 aromatic heterocycles. The second kappa shape index (κ2) is 4.01. The number of hydrogen-bond donors (Lipinski definition) is 3. The quantitative estimate of drug-likeness (QED) is 0.327. The lowest BCUT2D eigenvalue weighted by Crippen LogP contribution is -2.47. The fourth-order valence-electron chi connectivity index (χ4n) is 0.775. The number of nitrogens with zero attached hydrogens (tertiary/aromatic N) is 1. The Hall–Kier alpha value is -1.17. The summed E-state index contributed by atoms with van der Waals surface area (Å²) in [5.41, 5.74) is 3.09. The van der Waals surface area contributed by atoms with Gasteiger partial charge in [0.1, 0.15) is 0 Å². The van der Waals surface area contributed by atoms with Crippen LogP contribution in [-0.2, 0) is 0 Å². The Morgan fingerprint density at radius 2 is 1.92 bits per heavy atom. The highest BCUT2D eigenvalue weighted by Gasteiger charge is 2.03. The van der Waals surface area contributed by atoms with Gasteiger partial charge in [0.15, 0.2) is 0 Å². The van der Waals surface area contributed by atoms with Crippen molar-refractivity contribution < 1.29 is 0 Å². The van der Waals surface area contributed by atoms with Crippen molar-refractivity contribution in [2.24, 2.45) is 11.7 Å². The number of benzene rings is 1. The van der Waals surface area contributed by atoms with E-state index in [1.54, 1.807) is 0 Å². The Morgan fingerprint density at radius 1 is 1.33 bits per heavy atom. The van der Waals surface area contributed by atoms with E-state index in [9.17, 15) is 0 Å². The van der Waals surface area contributed by atoms with E-state index >= 15 is 0 Å². The third kappa shape index (κ3) is 1.91. The van der Waals surface area contributed by atoms with E-state index in [4.69, 9.17) is 23.9 Å². The van der Waals surface area contributed by atoms with Gasteiger partial charge >= 0.3 is 0 Å². The molecule has 0 fully saturated rings. The molecule has 64 valence electrons. The Kier molecular flexibility index (Phi) is 2.98. The SMILES string of the molecule is NNC(=S)N(N)c1ccccc1. The zero-order chi connectivity index (χ0) is 8.97. The molecule has 0 aliphatic carbocycles. The maximum Gasteiger partial charge on any atom is 0.202 e. The van der Waals surface area contributed by atoms with Gasteiger partial charge in [0, 0.05) is 0 Å². The van der Waals surface area contributed by atoms with Crippen LogP contribution >= 0.6 is 12.2 Å². The second-order valence-corrected chi connectivity index (χ2v) is 2.54. The Morgan fingerprint density at radius 3 is 2.42 bits per heavy atom. The van der Waals surface area contributed by atoms with Crippen LogP contribution in [0, 0.1) is 0 Å². The zero-order valence-electron chi connectivity index (χ0n) is 6.40. The molecule has 1 aromatic carbocycles. The molecule has 0 spiro atoms. The van der Waals surface area contributed by atoms with Crippen molar-refractivity contribution in [2.45, 2.75) is 0 Å². The van der Waals surface area contributed by atoms with Crippen molar-refractivity contribution >= 4 is 23.0 Å². The lowest BCUT2D eigenvalue weighted by atomic mass is 10.3. The summed E-state index contributed by atoms with van der Waals surface area (Å²) in [4.78, 5) is 0. The van der Waals surface area contributed by atoms with Crippen LogP contribution in [0.25, 0.3) is 0 Å². The first-order chi connectivity index (χ1) is 5.75. The lowest BCUT2D eigenvalue weighted by molar-refractivity contribution is 0.979. The van der Waals surface area contributed by atoms with Gasteiger partial charge in [0.2, 0.25) is 5.11 Å². The molecule has 0 amide bonds. The molecule has 5 heteroatoms. The first-order valence-electron chi connectivity index (χ1n) is 3.36. The number of hydrogen-bond acceptors (Lipinski definition) is 3. The predicted molar refractivity (Wildman–Crippen MR) is 53.0 cm³/mol. The summed E-state index contributed by atoms with van der Waals surface area (Å²) in [7, 11) is 0. The van der Waals surface area contributed by atoms with Crippen LogP contribution in [0.3, 0.4) is 0 Å². The van der Waals surface area contributed by atoms with Crippen LogP contribution in [0.5, 0.6) is 0 Å². The van der Waals surface area contributed by atoms with E-state index in [1.807, 2.05) is 30.3 Å². The summed E-state index contributed by atoms with van der Waals surface area (Å²) >= 11 is 4.82. The highest BCUT2D eigenvalue weighted by atomic mass is 32.1. The summed E-state index contributed by atoms with van der Waals surface area (Å²) in [6.07, 6.45) is 0. The molecule has 5 N–H and O–H groups in total. The molecule has 1 aromatic rings. The molecule has 0 bridgehead atoms. The first kappa shape index (κ1) is 8.92. The maximum atomic E-state index is 5.60. The topological polar surface area (TPSA) is 67.3 Å². The van der Waals surface area contributed by atoms with Crippen LogP contribution < -0.4 is 22.1 Å². The average molecular weight is 182 g/mol. The van der Waals surface area contributed by atoms with Gasteiger partial charge in [-0.15, -0.1) is 0 Å². The van der Waals surface area contributed by atoms with Crippen LogP contribution in [-0.4, -0.2) is 5.11 Å². The number of para-hydroxylation sites is 1. The molecular formula is C7H10N4S. The van der Waals surface area contributed by atoms with E-state index in [-0.39, 0.29) is 5.11 Å². The van der Waals surface area contributed by atoms with E-state index in [0.29, 0.717) is 0 Å². The molecule has 0 radical (unpaired) electrons. The zero-order valence-corrected chi connectivity index (χ0v) is 7.21. The van der Waals surface area contributed by atoms with Crippen molar-refractivity contribution in [2.75, 3.05) is 5.01 Å². The van der Waals surface area contributed by atoms with Crippen LogP contribution in [0.1, 0.15) is 0 Å². The average Bonchev–Trinajstić information content (AvgIpc) is 2.17. The van der Waals surface area contributed by atoms with Gasteiger partial charge < -0.3 is 0 Å². The van der Waals surface area contributed by atoms with Crippen LogP contribution in [0.2, 0.25) is 0 Å². The number of hydrazine groups is 2. The molecular weight excluding hydrogens is 172 g/mol. The molecule has 0 saturated carbocycles. The fourth-order valence-corrected chi connectivity index (χ4v) is 0.881. The summed E-state index contributed by atoms with van der Waals surface area (Å²) in [6, 6.07) is 9.31. The highest BCUT2D eigenvalue weighted by Crippen LogP contribution is 2.08. The summed E-state index contributed by atoms with van der Waals surface area (Å²) in [5, 5.41) is 1.58. The minimum Gasteiger partial charge on any atom is -0.299 e. The van der Waals surface area contributed by atoms with E-state index in [0.717, 1.165) is 5.69 Å². The molecule has 0 unspecified atom stereocenters. The Bertz CT molecular complexity index is 261. The minimum absolute atomic E-state index is 0.279. The molecule has 1 rings (SSSR count). The molecule has 0 saturated heterocycles. The third-order valence-corrected chi connectivity index (χ3v) is 1.69. The number of rotatable bonds is 1. The van der Waals surface area contributed by atoms with Gasteiger partial charge in [-0.05, 0) is 24.4 Å². The summed E-state index contributed by atoms with van der Waals surface area (Å²) in [6.45, 7) is 0. The normalized spacial score (nSPS) is 9.17. The number of nitrogens with two attached hydrogens (primary N) is 2. The number of thiocarbonyl (C=S) groups is 1. The summed E-state index contributed by atoms with van der Waals surface area (Å²) < 4.78 is 0. The van der Waals surface area contributed by atoms with Gasteiger partial charge in [0.05, 0.1) is 5.69 Å². The van der Waals surface area contributed by atoms with Gasteiger partial charge in [0.25, 0.3) is 0 Å². The van der Waals surface area contributed by atoms with Crippen molar-refractivity contribution in [3.05, 3.63) is 30.3 Å². The van der Waals surface area contributed by atoms with Gasteiger partial charge in [-0.2, -0.15) is 0 Å². The fraction of sp³-hybridized carbons (Fsp3) is 0. The molecule has 0 atom stereocenters. The van der Waals surface area contributed by atoms with Crippen molar-refractivity contribution in [1.82, 2.24) is 5.43 Å². The first-order valence-corrected chi connectivity index (χ1v) is 3.77. The van der Waals surface area contributed by atoms with Crippen molar-refractivity contribution in [3.8, 4) is 0 Å². The van der Waals surface area contributed by atoms with E-state index in [2.05, 4.69) is 5.43 Å². The largest absolute Gasteiger partial charge is 0.299 e. The van der Waals surface area contributed by atoms with Crippen LogP contribution in [0.4, 0.5) is 5.69 Å². The second-order valence-electron chi connectivity index (χ2n) is 2.16. The lowest BCUT2D eigenvalue weighted by Gasteiger charge is -2.17. The Balaban J connectivity index is 2.78. The Labute approximate surface area is 76.1 Å². The molecule has 0 aliphatic heterocycles.